The van der Waals surface area contributed by atoms with Crippen molar-refractivity contribution in [1.29, 1.82) is 0 Å². The summed E-state index contributed by atoms with van der Waals surface area (Å²) in [5, 5.41) is 13.3. The van der Waals surface area contributed by atoms with Crippen molar-refractivity contribution in [3.05, 3.63) is 104 Å². The van der Waals surface area contributed by atoms with E-state index in [2.05, 4.69) is 5.18 Å². The third-order valence-electron chi connectivity index (χ3n) is 4.75. The summed E-state index contributed by atoms with van der Waals surface area (Å²) < 4.78 is 0. The van der Waals surface area contributed by atoms with Crippen molar-refractivity contribution >= 4 is 40.8 Å². The number of carboxylic acids is 1. The molecule has 0 heterocycles. The van der Waals surface area contributed by atoms with E-state index in [4.69, 9.17) is 23.2 Å². The molecule has 0 aliphatic carbocycles. The maximum Gasteiger partial charge on any atom is 0.326 e. The molecule has 0 fully saturated rings. The van der Waals surface area contributed by atoms with Gasteiger partial charge in [-0.25, -0.2) is 4.79 Å². The van der Waals surface area contributed by atoms with E-state index >= 15 is 0 Å². The van der Waals surface area contributed by atoms with Crippen molar-refractivity contribution in [3.63, 3.8) is 0 Å². The second-order valence-corrected chi connectivity index (χ2v) is 7.70. The lowest BCUT2D eigenvalue weighted by atomic mass is 10.0. The summed E-state index contributed by atoms with van der Waals surface area (Å²) in [6, 6.07) is 18.6. The standard InChI is InChI=1S/C23H18Cl2N2O4/c24-17-8-11-19(20(25)13-17)22(28)27(14-16-6-9-18(26-31)10-7-16)21(23(29)30)12-15-4-2-1-3-5-15/h1-11,13,21H,12,14H2,(H,29,30)/t21-/m0/s1. The Morgan fingerprint density at radius 3 is 2.19 bits per heavy atom. The van der Waals surface area contributed by atoms with Crippen LogP contribution in [-0.2, 0) is 17.8 Å². The molecule has 0 unspecified atom stereocenters. The second kappa shape index (κ2) is 10.2. The fourth-order valence-corrected chi connectivity index (χ4v) is 3.66. The molecule has 0 bridgehead atoms. The van der Waals surface area contributed by atoms with Gasteiger partial charge in [-0.05, 0) is 46.6 Å². The highest BCUT2D eigenvalue weighted by Crippen LogP contribution is 2.25. The van der Waals surface area contributed by atoms with Crippen LogP contribution in [0.2, 0.25) is 10.0 Å². The molecule has 0 radical (unpaired) electrons. The highest BCUT2D eigenvalue weighted by atomic mass is 35.5. The highest BCUT2D eigenvalue weighted by molar-refractivity contribution is 6.36. The number of nitroso groups, excluding NO2 is 1. The number of carbonyl (C=O) groups is 2. The Hall–Kier alpha value is -3.22. The average Bonchev–Trinajstić information content (AvgIpc) is 2.76. The van der Waals surface area contributed by atoms with Gasteiger partial charge in [0.2, 0.25) is 0 Å². The number of aliphatic carboxylic acids is 1. The van der Waals surface area contributed by atoms with Gasteiger partial charge in [0.05, 0.1) is 10.6 Å². The summed E-state index contributed by atoms with van der Waals surface area (Å²) in [7, 11) is 0. The quantitative estimate of drug-likeness (QED) is 0.438. The predicted molar refractivity (Wildman–Crippen MR) is 120 cm³/mol. The zero-order valence-electron chi connectivity index (χ0n) is 16.2. The van der Waals surface area contributed by atoms with E-state index in [1.807, 2.05) is 18.2 Å². The molecule has 158 valence electrons. The van der Waals surface area contributed by atoms with Crippen molar-refractivity contribution in [3.8, 4) is 0 Å². The van der Waals surface area contributed by atoms with E-state index in [-0.39, 0.29) is 29.2 Å². The van der Waals surface area contributed by atoms with Gasteiger partial charge in [-0.1, -0.05) is 65.7 Å². The summed E-state index contributed by atoms with van der Waals surface area (Å²) in [5.74, 6) is -1.68. The van der Waals surface area contributed by atoms with Crippen LogP contribution in [0.4, 0.5) is 5.69 Å². The minimum absolute atomic E-state index is 0.000720. The van der Waals surface area contributed by atoms with E-state index in [0.29, 0.717) is 10.6 Å². The second-order valence-electron chi connectivity index (χ2n) is 6.86. The number of benzene rings is 3. The first-order valence-corrected chi connectivity index (χ1v) is 10.1. The van der Waals surface area contributed by atoms with E-state index in [1.165, 1.54) is 35.2 Å². The Morgan fingerprint density at radius 1 is 0.935 bits per heavy atom. The first kappa shape index (κ1) is 22.5. The number of rotatable bonds is 8. The van der Waals surface area contributed by atoms with Crippen LogP contribution < -0.4 is 0 Å². The maximum atomic E-state index is 13.4. The van der Waals surface area contributed by atoms with Crippen molar-refractivity contribution < 1.29 is 14.7 Å². The van der Waals surface area contributed by atoms with Gasteiger partial charge in [-0.15, -0.1) is 4.91 Å². The molecule has 8 heteroatoms. The largest absolute Gasteiger partial charge is 0.480 e. The van der Waals surface area contributed by atoms with Crippen molar-refractivity contribution in [2.45, 2.75) is 19.0 Å². The normalized spacial score (nSPS) is 11.5. The van der Waals surface area contributed by atoms with Gasteiger partial charge in [0, 0.05) is 18.0 Å². The minimum atomic E-state index is -1.15. The van der Waals surface area contributed by atoms with Crippen LogP contribution in [-0.4, -0.2) is 27.9 Å². The Balaban J connectivity index is 2.00. The van der Waals surface area contributed by atoms with Crippen LogP contribution >= 0.6 is 23.2 Å². The average molecular weight is 457 g/mol. The lowest BCUT2D eigenvalue weighted by Crippen LogP contribution is -2.46. The zero-order chi connectivity index (χ0) is 22.4. The molecule has 31 heavy (non-hydrogen) atoms. The van der Waals surface area contributed by atoms with E-state index in [9.17, 15) is 19.6 Å². The van der Waals surface area contributed by atoms with Crippen LogP contribution in [0.1, 0.15) is 21.5 Å². The summed E-state index contributed by atoms with van der Waals surface area (Å²) in [6.45, 7) is 0.000720. The van der Waals surface area contributed by atoms with Gasteiger partial charge in [0.1, 0.15) is 11.7 Å². The number of carbonyl (C=O) groups excluding carboxylic acids is 1. The molecule has 0 aromatic heterocycles. The van der Waals surface area contributed by atoms with Gasteiger partial charge in [-0.3, -0.25) is 4.79 Å². The molecular formula is C23H18Cl2N2O4. The molecule has 0 aliphatic heterocycles. The summed E-state index contributed by atoms with van der Waals surface area (Å²) in [4.78, 5) is 37.6. The van der Waals surface area contributed by atoms with Gasteiger partial charge in [-0.2, -0.15) is 0 Å². The lowest BCUT2D eigenvalue weighted by Gasteiger charge is -2.30. The third-order valence-corrected chi connectivity index (χ3v) is 5.30. The van der Waals surface area contributed by atoms with Crippen molar-refractivity contribution in [2.75, 3.05) is 0 Å². The highest BCUT2D eigenvalue weighted by Gasteiger charge is 2.31. The molecule has 1 N–H and O–H groups in total. The molecule has 0 aliphatic rings. The molecular weight excluding hydrogens is 439 g/mol. The maximum absolute atomic E-state index is 13.4. The monoisotopic (exact) mass is 456 g/mol. The third kappa shape index (κ3) is 5.69. The molecule has 1 amide bonds. The van der Waals surface area contributed by atoms with Crippen LogP contribution in [0, 0.1) is 4.91 Å². The molecule has 0 spiro atoms. The molecule has 3 aromatic rings. The van der Waals surface area contributed by atoms with Gasteiger partial charge in [0.25, 0.3) is 5.91 Å². The molecule has 6 nitrogen and oxygen atoms in total. The summed E-state index contributed by atoms with van der Waals surface area (Å²) in [6.07, 6.45) is 0.112. The van der Waals surface area contributed by atoms with E-state index < -0.39 is 17.9 Å². The number of nitrogens with zero attached hydrogens (tertiary/aromatic N) is 2. The number of hydrogen-bond acceptors (Lipinski definition) is 4. The van der Waals surface area contributed by atoms with Crippen LogP contribution in [0.3, 0.4) is 0 Å². The van der Waals surface area contributed by atoms with Gasteiger partial charge >= 0.3 is 5.97 Å². The Kier molecular flexibility index (Phi) is 7.39. The van der Waals surface area contributed by atoms with Gasteiger partial charge in [0.15, 0.2) is 0 Å². The van der Waals surface area contributed by atoms with Gasteiger partial charge < -0.3 is 10.0 Å². The fourth-order valence-electron chi connectivity index (χ4n) is 3.17. The summed E-state index contributed by atoms with van der Waals surface area (Å²) in [5.41, 5.74) is 1.80. The molecule has 0 saturated heterocycles. The summed E-state index contributed by atoms with van der Waals surface area (Å²) >= 11 is 12.2. The Morgan fingerprint density at radius 2 is 1.61 bits per heavy atom. The number of carboxylic acid groups (broad SMARTS) is 1. The number of hydrogen-bond donors (Lipinski definition) is 1. The number of amides is 1. The van der Waals surface area contributed by atoms with Crippen molar-refractivity contribution in [1.82, 2.24) is 4.90 Å². The van der Waals surface area contributed by atoms with E-state index in [0.717, 1.165) is 5.56 Å². The Labute approximate surface area is 189 Å². The first-order valence-electron chi connectivity index (χ1n) is 9.34. The Bertz CT molecular complexity index is 1090. The first-order chi connectivity index (χ1) is 14.9. The van der Waals surface area contributed by atoms with E-state index in [1.54, 1.807) is 24.3 Å². The van der Waals surface area contributed by atoms with Crippen LogP contribution in [0.5, 0.6) is 0 Å². The van der Waals surface area contributed by atoms with Crippen molar-refractivity contribution in [2.24, 2.45) is 5.18 Å². The molecule has 3 aromatic carbocycles. The predicted octanol–water partition coefficient (Wildman–Crippen LogP) is 5.73. The molecule has 1 atom stereocenters. The topological polar surface area (TPSA) is 87.0 Å². The van der Waals surface area contributed by atoms with Crippen LogP contribution in [0.25, 0.3) is 0 Å². The molecule has 0 saturated carbocycles. The zero-order valence-corrected chi connectivity index (χ0v) is 17.8. The number of halogens is 2. The van der Waals surface area contributed by atoms with Crippen LogP contribution in [0.15, 0.2) is 78.0 Å². The molecule has 3 rings (SSSR count). The minimum Gasteiger partial charge on any atom is -0.480 e. The smallest absolute Gasteiger partial charge is 0.326 e. The lowest BCUT2D eigenvalue weighted by molar-refractivity contribution is -0.142. The fraction of sp³-hybridized carbons (Fsp3) is 0.130. The SMILES string of the molecule is O=Nc1ccc(CN(C(=O)c2ccc(Cl)cc2Cl)[C@@H](Cc2ccccc2)C(=O)O)cc1.